The highest BCUT2D eigenvalue weighted by Gasteiger charge is 2.37. The highest BCUT2D eigenvalue weighted by atomic mass is 32.2. The maximum absolute atomic E-state index is 12.1. The minimum atomic E-state index is -0.695. The van der Waals surface area contributed by atoms with Gasteiger partial charge in [-0.25, -0.2) is 0 Å². The van der Waals surface area contributed by atoms with Gasteiger partial charge in [-0.1, -0.05) is 12.1 Å². The maximum Gasteiger partial charge on any atom is 0.236 e. The summed E-state index contributed by atoms with van der Waals surface area (Å²) in [6.07, 6.45) is 1.29. The lowest BCUT2D eigenvalue weighted by Gasteiger charge is -2.22. The summed E-state index contributed by atoms with van der Waals surface area (Å²) >= 11 is 1.69. The molecule has 1 heterocycles. The molecule has 1 amide bonds. The number of amides is 1. The molecule has 0 spiro atoms. The Hall–Kier alpha value is -1.20. The van der Waals surface area contributed by atoms with Gasteiger partial charge in [0.05, 0.1) is 10.9 Å². The van der Waals surface area contributed by atoms with E-state index in [4.69, 9.17) is 5.73 Å². The van der Waals surface area contributed by atoms with E-state index in [-0.39, 0.29) is 17.2 Å². The number of rotatable bonds is 4. The first-order valence-corrected chi connectivity index (χ1v) is 7.45. The second-order valence-corrected chi connectivity index (χ2v) is 6.67. The second-order valence-electron chi connectivity index (χ2n) is 5.08. The molecule has 1 aromatic carbocycles. The Labute approximate surface area is 117 Å². The number of carbonyl (C=O) groups is 1. The van der Waals surface area contributed by atoms with E-state index in [0.717, 1.165) is 24.2 Å². The van der Waals surface area contributed by atoms with Crippen LogP contribution in [0.3, 0.4) is 0 Å². The van der Waals surface area contributed by atoms with Crippen molar-refractivity contribution in [3.63, 3.8) is 0 Å². The van der Waals surface area contributed by atoms with Gasteiger partial charge in [0.25, 0.3) is 0 Å². The highest BCUT2D eigenvalue weighted by molar-refractivity contribution is 8.01. The lowest BCUT2D eigenvalue weighted by molar-refractivity contribution is -0.123. The molecular formula is C14H20N2O2S. The molecule has 19 heavy (non-hydrogen) atoms. The Kier molecular flexibility index (Phi) is 4.37. The molecule has 2 atom stereocenters. The lowest BCUT2D eigenvalue weighted by atomic mass is 10.0. The van der Waals surface area contributed by atoms with Crippen LogP contribution in [-0.2, 0) is 4.79 Å². The summed E-state index contributed by atoms with van der Waals surface area (Å²) in [5.74, 6) is 1.05. The molecule has 104 valence electrons. The van der Waals surface area contributed by atoms with Crippen molar-refractivity contribution in [3.05, 3.63) is 29.8 Å². The van der Waals surface area contributed by atoms with E-state index < -0.39 is 6.10 Å². The van der Waals surface area contributed by atoms with E-state index in [2.05, 4.69) is 5.32 Å². The normalized spacial score (nSPS) is 24.1. The average molecular weight is 280 g/mol. The van der Waals surface area contributed by atoms with Gasteiger partial charge in [-0.2, -0.15) is 0 Å². The Morgan fingerprint density at radius 2 is 2.21 bits per heavy atom. The molecule has 0 aliphatic carbocycles. The van der Waals surface area contributed by atoms with Gasteiger partial charge < -0.3 is 16.2 Å². The summed E-state index contributed by atoms with van der Waals surface area (Å²) in [5, 5.41) is 12.9. The standard InChI is InChI=1S/C14H20N2O2S/c1-14(7-2-8-19-14)13(18)16-9-12(17)10-3-5-11(15)6-4-10/h3-6,12,17H,2,7-9,15H2,1H3,(H,16,18). The fourth-order valence-corrected chi connectivity index (χ4v) is 3.40. The summed E-state index contributed by atoms with van der Waals surface area (Å²) in [5.41, 5.74) is 7.02. The number of benzene rings is 1. The first-order valence-electron chi connectivity index (χ1n) is 6.47. The third kappa shape index (κ3) is 3.42. The van der Waals surface area contributed by atoms with Crippen molar-refractivity contribution in [3.8, 4) is 0 Å². The van der Waals surface area contributed by atoms with Crippen LogP contribution < -0.4 is 11.1 Å². The average Bonchev–Trinajstić information content (AvgIpc) is 2.84. The molecule has 0 saturated carbocycles. The molecule has 1 fully saturated rings. The SMILES string of the molecule is CC1(C(=O)NCC(O)c2ccc(N)cc2)CCCS1. The molecule has 2 unspecified atom stereocenters. The zero-order chi connectivity index (χ0) is 13.9. The maximum atomic E-state index is 12.1. The number of carbonyl (C=O) groups excluding carboxylic acids is 1. The molecule has 0 radical (unpaired) electrons. The molecule has 2 rings (SSSR count). The van der Waals surface area contributed by atoms with E-state index in [1.165, 1.54) is 0 Å². The van der Waals surface area contributed by atoms with Gasteiger partial charge in [-0.3, -0.25) is 4.79 Å². The van der Waals surface area contributed by atoms with Crippen LogP contribution in [-0.4, -0.2) is 28.1 Å². The molecule has 1 aliphatic rings. The number of nitrogens with two attached hydrogens (primary N) is 1. The number of hydrogen-bond donors (Lipinski definition) is 3. The van der Waals surface area contributed by atoms with Crippen molar-refractivity contribution in [1.82, 2.24) is 5.32 Å². The lowest BCUT2D eigenvalue weighted by Crippen LogP contribution is -2.42. The van der Waals surface area contributed by atoms with Crippen LogP contribution in [0.5, 0.6) is 0 Å². The van der Waals surface area contributed by atoms with Crippen LogP contribution in [0.1, 0.15) is 31.4 Å². The molecule has 0 aromatic heterocycles. The molecular weight excluding hydrogens is 260 g/mol. The number of hydrogen-bond acceptors (Lipinski definition) is 4. The number of aliphatic hydroxyl groups is 1. The molecule has 1 aromatic rings. The third-order valence-electron chi connectivity index (χ3n) is 3.48. The van der Waals surface area contributed by atoms with Crippen LogP contribution in [0, 0.1) is 0 Å². The van der Waals surface area contributed by atoms with Crippen LogP contribution in [0.4, 0.5) is 5.69 Å². The summed E-state index contributed by atoms with van der Waals surface area (Å²) in [7, 11) is 0. The van der Waals surface area contributed by atoms with Gasteiger partial charge >= 0.3 is 0 Å². The Morgan fingerprint density at radius 1 is 1.53 bits per heavy atom. The van der Waals surface area contributed by atoms with Gasteiger partial charge in [0.15, 0.2) is 0 Å². The predicted octanol–water partition coefficient (Wildman–Crippen LogP) is 1.70. The molecule has 0 bridgehead atoms. The van der Waals surface area contributed by atoms with Gasteiger partial charge in [-0.05, 0) is 43.2 Å². The zero-order valence-corrected chi connectivity index (χ0v) is 11.9. The van der Waals surface area contributed by atoms with Gasteiger partial charge in [0, 0.05) is 12.2 Å². The van der Waals surface area contributed by atoms with E-state index in [9.17, 15) is 9.90 Å². The van der Waals surface area contributed by atoms with Crippen molar-refractivity contribution >= 4 is 23.4 Å². The van der Waals surface area contributed by atoms with Crippen LogP contribution in [0.2, 0.25) is 0 Å². The van der Waals surface area contributed by atoms with E-state index in [1.54, 1.807) is 36.0 Å². The number of anilines is 1. The highest BCUT2D eigenvalue weighted by Crippen LogP contribution is 2.37. The molecule has 4 N–H and O–H groups in total. The molecule has 1 saturated heterocycles. The Bertz CT molecular complexity index is 441. The summed E-state index contributed by atoms with van der Waals surface area (Å²) in [4.78, 5) is 12.1. The largest absolute Gasteiger partial charge is 0.399 e. The monoisotopic (exact) mass is 280 g/mol. The van der Waals surface area contributed by atoms with E-state index in [0.29, 0.717) is 5.69 Å². The van der Waals surface area contributed by atoms with Gasteiger partial charge in [0.1, 0.15) is 0 Å². The topological polar surface area (TPSA) is 75.3 Å². The number of thioether (sulfide) groups is 1. The van der Waals surface area contributed by atoms with Crippen molar-refractivity contribution in [2.75, 3.05) is 18.0 Å². The summed E-state index contributed by atoms with van der Waals surface area (Å²) in [6.45, 7) is 2.20. The molecule has 4 nitrogen and oxygen atoms in total. The number of aliphatic hydroxyl groups excluding tert-OH is 1. The minimum absolute atomic E-state index is 0.0181. The van der Waals surface area contributed by atoms with Crippen molar-refractivity contribution in [2.45, 2.75) is 30.6 Å². The fourth-order valence-electron chi connectivity index (χ4n) is 2.17. The number of nitrogens with one attached hydrogen (secondary N) is 1. The predicted molar refractivity (Wildman–Crippen MR) is 78.9 cm³/mol. The second kappa shape index (κ2) is 5.84. The number of nitrogen functional groups attached to an aromatic ring is 1. The van der Waals surface area contributed by atoms with Crippen molar-refractivity contribution in [2.24, 2.45) is 0 Å². The summed E-state index contributed by atoms with van der Waals surface area (Å²) < 4.78 is -0.333. The quantitative estimate of drug-likeness (QED) is 0.734. The van der Waals surface area contributed by atoms with Crippen molar-refractivity contribution < 1.29 is 9.90 Å². The van der Waals surface area contributed by atoms with Gasteiger partial charge in [-0.15, -0.1) is 11.8 Å². The third-order valence-corrected chi connectivity index (χ3v) is 5.00. The molecule has 1 aliphatic heterocycles. The van der Waals surface area contributed by atoms with E-state index in [1.807, 2.05) is 6.92 Å². The zero-order valence-electron chi connectivity index (χ0n) is 11.1. The Morgan fingerprint density at radius 3 is 2.79 bits per heavy atom. The minimum Gasteiger partial charge on any atom is -0.399 e. The smallest absolute Gasteiger partial charge is 0.236 e. The Balaban J connectivity index is 1.88. The van der Waals surface area contributed by atoms with Crippen LogP contribution in [0.25, 0.3) is 0 Å². The first kappa shape index (κ1) is 14.2. The van der Waals surface area contributed by atoms with Crippen molar-refractivity contribution in [1.29, 1.82) is 0 Å². The van der Waals surface area contributed by atoms with Crippen LogP contribution >= 0.6 is 11.8 Å². The van der Waals surface area contributed by atoms with Crippen LogP contribution in [0.15, 0.2) is 24.3 Å². The van der Waals surface area contributed by atoms with Gasteiger partial charge in [0.2, 0.25) is 5.91 Å². The molecule has 5 heteroatoms. The van der Waals surface area contributed by atoms with E-state index >= 15 is 0 Å². The summed E-state index contributed by atoms with van der Waals surface area (Å²) in [6, 6.07) is 7.04. The first-order chi connectivity index (χ1) is 9.01. The fraction of sp³-hybridized carbons (Fsp3) is 0.500.